The van der Waals surface area contributed by atoms with Gasteiger partial charge in [0, 0.05) is 17.8 Å². The summed E-state index contributed by atoms with van der Waals surface area (Å²) in [7, 11) is 1.92. The van der Waals surface area contributed by atoms with Crippen LogP contribution in [0.4, 0.5) is 0 Å². The van der Waals surface area contributed by atoms with Gasteiger partial charge in [-0.1, -0.05) is 18.2 Å². The van der Waals surface area contributed by atoms with Gasteiger partial charge in [-0.2, -0.15) is 0 Å². The van der Waals surface area contributed by atoms with E-state index in [4.69, 9.17) is 4.74 Å². The van der Waals surface area contributed by atoms with Crippen LogP contribution in [-0.2, 0) is 13.2 Å². The fourth-order valence-corrected chi connectivity index (χ4v) is 2.39. The Morgan fingerprint density at radius 2 is 2.00 bits per heavy atom. The minimum atomic E-state index is 0.473. The molecule has 3 nitrogen and oxygen atoms in total. The zero-order valence-corrected chi connectivity index (χ0v) is 12.7. The van der Waals surface area contributed by atoms with Crippen molar-refractivity contribution in [1.29, 1.82) is 0 Å². The molecule has 0 radical (unpaired) electrons. The molecule has 1 heterocycles. The Bertz CT molecular complexity index is 558. The Morgan fingerprint density at radius 1 is 1.21 bits per heavy atom. The number of nitrogens with zero attached hydrogens (tertiary/aromatic N) is 1. The molecule has 0 saturated heterocycles. The normalized spacial score (nSPS) is 10.5. The summed E-state index contributed by atoms with van der Waals surface area (Å²) in [4.78, 5) is 4.44. The molecule has 1 aromatic heterocycles. The molecule has 1 aromatic carbocycles. The Hall–Kier alpha value is -1.39. The van der Waals surface area contributed by atoms with Crippen LogP contribution < -0.4 is 10.1 Å². The highest BCUT2D eigenvalue weighted by molar-refractivity contribution is 9.10. The van der Waals surface area contributed by atoms with Crippen molar-refractivity contribution in [2.24, 2.45) is 0 Å². The van der Waals surface area contributed by atoms with Gasteiger partial charge in [0.1, 0.15) is 12.4 Å². The van der Waals surface area contributed by atoms with Crippen LogP contribution in [0, 0.1) is 6.92 Å². The van der Waals surface area contributed by atoms with Crippen molar-refractivity contribution in [2.75, 3.05) is 7.05 Å². The monoisotopic (exact) mass is 320 g/mol. The van der Waals surface area contributed by atoms with Gasteiger partial charge in [0.15, 0.2) is 0 Å². The number of para-hydroxylation sites is 1. The van der Waals surface area contributed by atoms with E-state index in [0.717, 1.165) is 33.7 Å². The first-order valence-electron chi connectivity index (χ1n) is 6.18. The van der Waals surface area contributed by atoms with E-state index in [1.165, 1.54) is 0 Å². The van der Waals surface area contributed by atoms with Gasteiger partial charge in [-0.3, -0.25) is 4.98 Å². The second kappa shape index (κ2) is 6.68. The number of rotatable bonds is 5. The van der Waals surface area contributed by atoms with Crippen molar-refractivity contribution < 1.29 is 4.74 Å². The van der Waals surface area contributed by atoms with E-state index in [2.05, 4.69) is 32.3 Å². The van der Waals surface area contributed by atoms with E-state index >= 15 is 0 Å². The van der Waals surface area contributed by atoms with Crippen molar-refractivity contribution in [3.63, 3.8) is 0 Å². The Kier molecular flexibility index (Phi) is 4.93. The average Bonchev–Trinajstić information content (AvgIpc) is 2.38. The lowest BCUT2D eigenvalue weighted by Gasteiger charge is -2.13. The van der Waals surface area contributed by atoms with Crippen LogP contribution in [0.1, 0.15) is 17.0 Å². The van der Waals surface area contributed by atoms with Crippen LogP contribution in [0.2, 0.25) is 0 Å². The van der Waals surface area contributed by atoms with E-state index in [9.17, 15) is 0 Å². The summed E-state index contributed by atoms with van der Waals surface area (Å²) >= 11 is 3.53. The largest absolute Gasteiger partial charge is 0.486 e. The highest BCUT2D eigenvalue weighted by atomic mass is 79.9. The van der Waals surface area contributed by atoms with Gasteiger partial charge >= 0.3 is 0 Å². The molecule has 0 amide bonds. The van der Waals surface area contributed by atoms with Crippen molar-refractivity contribution >= 4 is 15.9 Å². The smallest absolute Gasteiger partial charge is 0.138 e. The van der Waals surface area contributed by atoms with Crippen LogP contribution in [0.3, 0.4) is 0 Å². The lowest BCUT2D eigenvalue weighted by molar-refractivity contribution is 0.295. The lowest BCUT2D eigenvalue weighted by Crippen LogP contribution is -2.08. The maximum Gasteiger partial charge on any atom is 0.138 e. The van der Waals surface area contributed by atoms with Crippen LogP contribution >= 0.6 is 15.9 Å². The Balaban J connectivity index is 2.14. The van der Waals surface area contributed by atoms with Gasteiger partial charge in [-0.05, 0) is 48.1 Å². The molecule has 0 aliphatic heterocycles. The summed E-state index contributed by atoms with van der Waals surface area (Å²) in [6, 6.07) is 12.0. The maximum atomic E-state index is 5.91. The predicted octanol–water partition coefficient (Wildman–Crippen LogP) is 3.45. The molecule has 0 spiro atoms. The topological polar surface area (TPSA) is 34.1 Å². The van der Waals surface area contributed by atoms with Crippen molar-refractivity contribution in [3.05, 3.63) is 57.8 Å². The third-order valence-electron chi connectivity index (χ3n) is 2.73. The molecule has 2 rings (SSSR count). The minimum absolute atomic E-state index is 0.473. The fraction of sp³-hybridized carbons (Fsp3) is 0.267. The van der Waals surface area contributed by atoms with Gasteiger partial charge in [0.25, 0.3) is 0 Å². The molecule has 0 fully saturated rings. The molecule has 0 saturated carbocycles. The van der Waals surface area contributed by atoms with Crippen LogP contribution in [0.25, 0.3) is 0 Å². The average molecular weight is 321 g/mol. The van der Waals surface area contributed by atoms with Crippen molar-refractivity contribution in [3.8, 4) is 5.75 Å². The molecule has 19 heavy (non-hydrogen) atoms. The quantitative estimate of drug-likeness (QED) is 0.916. The third kappa shape index (κ3) is 3.78. The van der Waals surface area contributed by atoms with Gasteiger partial charge in [-0.25, -0.2) is 0 Å². The standard InChI is InChI=1S/C15H17BrN2O/c1-11-5-3-7-13(18-11)10-19-15-12(9-17-2)6-4-8-14(15)16/h3-8,17H,9-10H2,1-2H3. The molecule has 2 aromatic rings. The molecule has 0 aliphatic rings. The molecule has 1 N–H and O–H groups in total. The number of aromatic nitrogens is 1. The van der Waals surface area contributed by atoms with E-state index in [1.54, 1.807) is 0 Å². The second-order valence-corrected chi connectivity index (χ2v) is 5.17. The molecule has 100 valence electrons. The number of pyridine rings is 1. The van der Waals surface area contributed by atoms with E-state index in [0.29, 0.717) is 6.61 Å². The van der Waals surface area contributed by atoms with Crippen LogP contribution in [-0.4, -0.2) is 12.0 Å². The number of nitrogens with one attached hydrogen (secondary N) is 1. The van der Waals surface area contributed by atoms with Crippen LogP contribution in [0.15, 0.2) is 40.9 Å². The fourth-order valence-electron chi connectivity index (χ4n) is 1.87. The maximum absolute atomic E-state index is 5.91. The number of benzene rings is 1. The third-order valence-corrected chi connectivity index (χ3v) is 3.35. The molecule has 0 unspecified atom stereocenters. The van der Waals surface area contributed by atoms with Gasteiger partial charge in [-0.15, -0.1) is 0 Å². The van der Waals surface area contributed by atoms with E-state index < -0.39 is 0 Å². The van der Waals surface area contributed by atoms with E-state index in [1.807, 2.05) is 44.3 Å². The number of aryl methyl sites for hydroxylation is 1. The summed E-state index contributed by atoms with van der Waals surface area (Å²) < 4.78 is 6.88. The summed E-state index contributed by atoms with van der Waals surface area (Å²) in [5, 5.41) is 3.14. The number of ether oxygens (including phenoxy) is 1. The number of hydrogen-bond acceptors (Lipinski definition) is 3. The summed E-state index contributed by atoms with van der Waals surface area (Å²) in [5.41, 5.74) is 3.07. The van der Waals surface area contributed by atoms with Gasteiger partial charge < -0.3 is 10.1 Å². The van der Waals surface area contributed by atoms with Crippen molar-refractivity contribution in [1.82, 2.24) is 10.3 Å². The summed E-state index contributed by atoms with van der Waals surface area (Å²) in [6.45, 7) is 3.23. The first-order chi connectivity index (χ1) is 9.20. The predicted molar refractivity (Wildman–Crippen MR) is 80.2 cm³/mol. The van der Waals surface area contributed by atoms with Gasteiger partial charge in [0.05, 0.1) is 10.2 Å². The molecule has 0 bridgehead atoms. The number of halogens is 1. The summed E-state index contributed by atoms with van der Waals surface area (Å²) in [5.74, 6) is 0.875. The first kappa shape index (κ1) is 14.0. The molecule has 0 atom stereocenters. The summed E-state index contributed by atoms with van der Waals surface area (Å²) in [6.07, 6.45) is 0. The zero-order valence-electron chi connectivity index (χ0n) is 11.1. The first-order valence-corrected chi connectivity index (χ1v) is 6.97. The Morgan fingerprint density at radius 3 is 2.74 bits per heavy atom. The zero-order chi connectivity index (χ0) is 13.7. The molecular weight excluding hydrogens is 304 g/mol. The van der Waals surface area contributed by atoms with Gasteiger partial charge in [0.2, 0.25) is 0 Å². The molecule has 4 heteroatoms. The molecule has 0 aliphatic carbocycles. The molecular formula is C15H17BrN2O. The SMILES string of the molecule is CNCc1cccc(Br)c1OCc1cccc(C)n1. The van der Waals surface area contributed by atoms with Crippen molar-refractivity contribution in [2.45, 2.75) is 20.1 Å². The second-order valence-electron chi connectivity index (χ2n) is 4.32. The number of hydrogen-bond donors (Lipinski definition) is 1. The minimum Gasteiger partial charge on any atom is -0.486 e. The van der Waals surface area contributed by atoms with E-state index in [-0.39, 0.29) is 0 Å². The highest BCUT2D eigenvalue weighted by Gasteiger charge is 2.08. The van der Waals surface area contributed by atoms with Crippen LogP contribution in [0.5, 0.6) is 5.75 Å². The Labute approximate surface area is 122 Å². The highest BCUT2D eigenvalue weighted by Crippen LogP contribution is 2.29. The lowest BCUT2D eigenvalue weighted by atomic mass is 10.2.